The smallest absolute Gasteiger partial charge is 0.264 e. The quantitative estimate of drug-likeness (QED) is 0.609. The second-order valence-corrected chi connectivity index (χ2v) is 7.02. The minimum atomic E-state index is -3.90. The summed E-state index contributed by atoms with van der Waals surface area (Å²) in [5, 5.41) is 6.93. The molecule has 0 aliphatic carbocycles. The summed E-state index contributed by atoms with van der Waals surface area (Å²) in [6, 6.07) is -0.627. The van der Waals surface area contributed by atoms with Gasteiger partial charge < -0.3 is 5.32 Å². The van der Waals surface area contributed by atoms with Crippen molar-refractivity contribution < 1.29 is 13.2 Å². The number of hydrogen-bond acceptors (Lipinski definition) is 4. The number of hydrogen-bond donors (Lipinski definition) is 1. The van der Waals surface area contributed by atoms with E-state index >= 15 is 0 Å². The van der Waals surface area contributed by atoms with Gasteiger partial charge in [0.25, 0.3) is 9.05 Å². The Kier molecular flexibility index (Phi) is 5.98. The van der Waals surface area contributed by atoms with E-state index in [0.29, 0.717) is 30.8 Å². The molecule has 0 fully saturated rings. The number of carbonyl (C=O) groups excluding carboxylic acids is 1. The van der Waals surface area contributed by atoms with Crippen LogP contribution in [0.5, 0.6) is 0 Å². The highest BCUT2D eigenvalue weighted by atomic mass is 35.7. The summed E-state index contributed by atoms with van der Waals surface area (Å²) in [6.07, 6.45) is 2.40. The Balaban J connectivity index is 3.34. The fraction of sp³-hybridized carbons (Fsp3) is 0.538. The van der Waals surface area contributed by atoms with E-state index < -0.39 is 15.1 Å². The Hall–Kier alpha value is -1.34. The van der Waals surface area contributed by atoms with Crippen LogP contribution in [0.25, 0.3) is 0 Å². The van der Waals surface area contributed by atoms with Crippen LogP contribution in [-0.2, 0) is 26.7 Å². The first kappa shape index (κ1) is 17.7. The fourth-order valence-corrected chi connectivity index (χ4v) is 3.61. The number of amides is 1. The maximum atomic E-state index is 12.0. The molecule has 6 nitrogen and oxygen atoms in total. The van der Waals surface area contributed by atoms with E-state index in [1.54, 1.807) is 26.8 Å². The zero-order valence-corrected chi connectivity index (χ0v) is 14.0. The molecule has 21 heavy (non-hydrogen) atoms. The number of halogens is 1. The predicted octanol–water partition coefficient (Wildman–Crippen LogP) is 1.80. The molecule has 1 aromatic rings. The summed E-state index contributed by atoms with van der Waals surface area (Å²) in [5.41, 5.74) is 0.827. The van der Waals surface area contributed by atoms with Crippen molar-refractivity contribution in [2.75, 3.05) is 6.54 Å². The highest BCUT2D eigenvalue weighted by Crippen LogP contribution is 2.27. The summed E-state index contributed by atoms with van der Waals surface area (Å²) < 4.78 is 25.0. The maximum absolute atomic E-state index is 12.0. The number of nitrogens with zero attached hydrogens (tertiary/aromatic N) is 2. The van der Waals surface area contributed by atoms with Gasteiger partial charge in [-0.05, 0) is 19.8 Å². The third-order valence-corrected chi connectivity index (χ3v) is 4.53. The molecule has 8 heteroatoms. The summed E-state index contributed by atoms with van der Waals surface area (Å²) >= 11 is 0. The SMILES string of the molecule is C=CCNC(=O)C(C)n1nc(CC)c(S(=O)(=O)Cl)c1CC. The van der Waals surface area contributed by atoms with Crippen molar-refractivity contribution in [3.63, 3.8) is 0 Å². The fourth-order valence-electron chi connectivity index (χ4n) is 2.09. The second-order valence-electron chi connectivity index (χ2n) is 4.52. The van der Waals surface area contributed by atoms with E-state index in [2.05, 4.69) is 17.0 Å². The van der Waals surface area contributed by atoms with Crippen molar-refractivity contribution in [2.45, 2.75) is 44.6 Å². The van der Waals surface area contributed by atoms with Gasteiger partial charge in [0.15, 0.2) is 0 Å². The Labute approximate surface area is 129 Å². The Morgan fingerprint density at radius 1 is 1.48 bits per heavy atom. The molecule has 0 radical (unpaired) electrons. The molecule has 0 bridgehead atoms. The van der Waals surface area contributed by atoms with E-state index in [1.165, 1.54) is 4.68 Å². The van der Waals surface area contributed by atoms with Gasteiger partial charge in [0.2, 0.25) is 5.91 Å². The molecule has 1 unspecified atom stereocenters. The van der Waals surface area contributed by atoms with E-state index in [-0.39, 0.29) is 10.8 Å². The van der Waals surface area contributed by atoms with Crippen molar-refractivity contribution in [3.8, 4) is 0 Å². The first-order valence-electron chi connectivity index (χ1n) is 6.71. The maximum Gasteiger partial charge on any atom is 0.264 e. The van der Waals surface area contributed by atoms with Crippen LogP contribution in [-0.4, -0.2) is 30.7 Å². The lowest BCUT2D eigenvalue weighted by molar-refractivity contribution is -0.123. The van der Waals surface area contributed by atoms with Gasteiger partial charge in [0.1, 0.15) is 10.9 Å². The molecular weight excluding hydrogens is 314 g/mol. The lowest BCUT2D eigenvalue weighted by Gasteiger charge is -2.14. The van der Waals surface area contributed by atoms with Crippen LogP contribution in [0, 0.1) is 0 Å². The van der Waals surface area contributed by atoms with Gasteiger partial charge in [0.05, 0.1) is 11.4 Å². The molecule has 1 aromatic heterocycles. The zero-order chi connectivity index (χ0) is 16.2. The van der Waals surface area contributed by atoms with Gasteiger partial charge in [-0.1, -0.05) is 19.9 Å². The Morgan fingerprint density at radius 2 is 2.10 bits per heavy atom. The van der Waals surface area contributed by atoms with Gasteiger partial charge >= 0.3 is 0 Å². The minimum absolute atomic E-state index is 0.0255. The summed E-state index contributed by atoms with van der Waals surface area (Å²) in [6.45, 7) is 9.12. The molecule has 1 N–H and O–H groups in total. The molecular formula is C13H20ClN3O3S. The molecule has 0 spiro atoms. The molecule has 0 aromatic carbocycles. The average molecular weight is 334 g/mol. The monoisotopic (exact) mass is 333 g/mol. The molecule has 0 aliphatic heterocycles. The summed E-state index contributed by atoms with van der Waals surface area (Å²) in [5.74, 6) is -0.256. The average Bonchev–Trinajstić information content (AvgIpc) is 2.82. The van der Waals surface area contributed by atoms with E-state index in [1.807, 2.05) is 0 Å². The molecule has 0 saturated heterocycles. The van der Waals surface area contributed by atoms with Crippen molar-refractivity contribution in [1.82, 2.24) is 15.1 Å². The molecule has 1 rings (SSSR count). The Bertz CT molecular complexity index is 637. The van der Waals surface area contributed by atoms with E-state index in [0.717, 1.165) is 0 Å². The first-order chi connectivity index (χ1) is 9.77. The highest BCUT2D eigenvalue weighted by Gasteiger charge is 2.28. The molecule has 1 atom stereocenters. The van der Waals surface area contributed by atoms with Gasteiger partial charge in [-0.2, -0.15) is 5.10 Å². The number of aromatic nitrogens is 2. The summed E-state index contributed by atoms with van der Waals surface area (Å²) in [7, 11) is 1.61. The normalized spacial score (nSPS) is 13.0. The molecule has 0 saturated carbocycles. The largest absolute Gasteiger partial charge is 0.351 e. The first-order valence-corrected chi connectivity index (χ1v) is 9.02. The standard InChI is InChI=1S/C13H20ClN3O3S/c1-5-8-15-13(18)9(4)17-11(7-3)12(21(14,19)20)10(6-2)16-17/h5,9H,1,6-8H2,2-4H3,(H,15,18). The molecule has 1 heterocycles. The third-order valence-electron chi connectivity index (χ3n) is 3.11. The van der Waals surface area contributed by atoms with Crippen LogP contribution in [0.4, 0.5) is 0 Å². The number of nitrogens with one attached hydrogen (secondary N) is 1. The highest BCUT2D eigenvalue weighted by molar-refractivity contribution is 8.13. The van der Waals surface area contributed by atoms with Crippen molar-refractivity contribution in [2.24, 2.45) is 0 Å². The van der Waals surface area contributed by atoms with Crippen LogP contribution < -0.4 is 5.32 Å². The van der Waals surface area contributed by atoms with E-state index in [9.17, 15) is 13.2 Å². The van der Waals surface area contributed by atoms with Crippen molar-refractivity contribution >= 4 is 25.6 Å². The lowest BCUT2D eigenvalue weighted by atomic mass is 10.2. The molecule has 1 amide bonds. The minimum Gasteiger partial charge on any atom is -0.351 e. The van der Waals surface area contributed by atoms with Crippen LogP contribution in [0.3, 0.4) is 0 Å². The molecule has 118 valence electrons. The third kappa shape index (κ3) is 3.85. The molecule has 0 aliphatic rings. The second kappa shape index (κ2) is 7.09. The number of rotatable bonds is 7. The Morgan fingerprint density at radius 3 is 2.52 bits per heavy atom. The van der Waals surface area contributed by atoms with Gasteiger partial charge in [-0.3, -0.25) is 9.48 Å². The topological polar surface area (TPSA) is 81.1 Å². The van der Waals surface area contributed by atoms with Crippen molar-refractivity contribution in [1.29, 1.82) is 0 Å². The zero-order valence-electron chi connectivity index (χ0n) is 12.4. The summed E-state index contributed by atoms with van der Waals surface area (Å²) in [4.78, 5) is 12.1. The number of carbonyl (C=O) groups is 1. The van der Waals surface area contributed by atoms with Gasteiger partial charge in [-0.25, -0.2) is 8.42 Å². The van der Waals surface area contributed by atoms with Gasteiger partial charge in [0, 0.05) is 17.2 Å². The van der Waals surface area contributed by atoms with Crippen molar-refractivity contribution in [3.05, 3.63) is 24.0 Å². The van der Waals surface area contributed by atoms with E-state index in [4.69, 9.17) is 10.7 Å². The van der Waals surface area contributed by atoms with Crippen LogP contribution in [0.15, 0.2) is 17.6 Å². The number of aryl methyl sites for hydroxylation is 1. The van der Waals surface area contributed by atoms with Crippen LogP contribution >= 0.6 is 10.7 Å². The predicted molar refractivity (Wildman–Crippen MR) is 81.9 cm³/mol. The van der Waals surface area contributed by atoms with Gasteiger partial charge in [-0.15, -0.1) is 6.58 Å². The lowest BCUT2D eigenvalue weighted by Crippen LogP contribution is -2.32. The van der Waals surface area contributed by atoms with Crippen LogP contribution in [0.1, 0.15) is 38.2 Å². The van der Waals surface area contributed by atoms with Crippen LogP contribution in [0.2, 0.25) is 0 Å².